The van der Waals surface area contributed by atoms with Crippen molar-refractivity contribution in [1.82, 2.24) is 9.97 Å². The number of nitrogens with one attached hydrogen (secondary N) is 3. The van der Waals surface area contributed by atoms with Crippen LogP contribution in [0.2, 0.25) is 10.0 Å². The molecule has 128 valence electrons. The van der Waals surface area contributed by atoms with Gasteiger partial charge in [0.1, 0.15) is 0 Å². The molecule has 0 saturated heterocycles. The fourth-order valence-electron chi connectivity index (χ4n) is 2.23. The molecule has 0 aliphatic heterocycles. The smallest absolute Gasteiger partial charge is 0.225 e. The molecule has 7 heteroatoms. The van der Waals surface area contributed by atoms with E-state index in [0.717, 1.165) is 17.8 Å². The molecular weight excluding hydrogens is 357 g/mol. The highest BCUT2D eigenvalue weighted by Crippen LogP contribution is 2.26. The monoisotopic (exact) mass is 373 g/mol. The molecule has 0 aliphatic carbocycles. The van der Waals surface area contributed by atoms with E-state index in [9.17, 15) is 0 Å². The Bertz CT molecular complexity index is 855. The quantitative estimate of drug-likeness (QED) is 0.510. The summed E-state index contributed by atoms with van der Waals surface area (Å²) in [7, 11) is 0. The average molecular weight is 374 g/mol. The Hall–Kier alpha value is -2.50. The molecule has 5 nitrogen and oxygen atoms in total. The molecule has 3 rings (SSSR count). The molecular formula is C18H17Cl2N5. The van der Waals surface area contributed by atoms with Crippen LogP contribution in [0.1, 0.15) is 6.92 Å². The molecule has 25 heavy (non-hydrogen) atoms. The lowest BCUT2D eigenvalue weighted by molar-refractivity contribution is 1.08. The Balaban J connectivity index is 1.86. The number of hydrogen-bond acceptors (Lipinski definition) is 5. The molecule has 0 aliphatic rings. The fraction of sp³-hybridized carbons (Fsp3) is 0.111. The number of anilines is 3. The molecule has 0 atom stereocenters. The van der Waals surface area contributed by atoms with Crippen LogP contribution in [0.4, 0.5) is 17.5 Å². The maximum absolute atomic E-state index is 6.17. The second-order valence-corrected chi connectivity index (χ2v) is 6.08. The second kappa shape index (κ2) is 8.05. The van der Waals surface area contributed by atoms with Gasteiger partial charge in [0.15, 0.2) is 5.82 Å². The van der Waals surface area contributed by atoms with Gasteiger partial charge >= 0.3 is 0 Å². The lowest BCUT2D eigenvalue weighted by Gasteiger charge is -2.13. The Morgan fingerprint density at radius 2 is 1.72 bits per heavy atom. The number of halogens is 2. The first-order chi connectivity index (χ1) is 12.2. The van der Waals surface area contributed by atoms with Gasteiger partial charge < -0.3 is 5.32 Å². The number of benzene rings is 2. The van der Waals surface area contributed by atoms with Crippen molar-refractivity contribution in [2.24, 2.45) is 0 Å². The van der Waals surface area contributed by atoms with E-state index in [0.29, 0.717) is 27.5 Å². The van der Waals surface area contributed by atoms with Crippen LogP contribution in [0.15, 0.2) is 54.6 Å². The van der Waals surface area contributed by atoms with Crippen molar-refractivity contribution in [1.29, 1.82) is 0 Å². The highest BCUT2D eigenvalue weighted by atomic mass is 35.5. The van der Waals surface area contributed by atoms with E-state index in [-0.39, 0.29) is 0 Å². The molecule has 0 saturated carbocycles. The lowest BCUT2D eigenvalue weighted by atomic mass is 10.1. The van der Waals surface area contributed by atoms with Gasteiger partial charge in [-0.1, -0.05) is 53.5 Å². The van der Waals surface area contributed by atoms with Crippen LogP contribution in [0.5, 0.6) is 0 Å². The Kier molecular flexibility index (Phi) is 5.58. The minimum Gasteiger partial charge on any atom is -0.354 e. The van der Waals surface area contributed by atoms with Gasteiger partial charge in [-0.3, -0.25) is 10.9 Å². The van der Waals surface area contributed by atoms with Crippen molar-refractivity contribution in [2.75, 3.05) is 22.7 Å². The lowest BCUT2D eigenvalue weighted by Crippen LogP contribution is -2.12. The predicted octanol–water partition coefficient (Wildman–Crippen LogP) is 5.32. The Morgan fingerprint density at radius 1 is 0.920 bits per heavy atom. The van der Waals surface area contributed by atoms with Crippen molar-refractivity contribution in [3.63, 3.8) is 0 Å². The van der Waals surface area contributed by atoms with Gasteiger partial charge in [0, 0.05) is 23.2 Å². The summed E-state index contributed by atoms with van der Waals surface area (Å²) >= 11 is 12.1. The number of hydrogen-bond donors (Lipinski definition) is 3. The third-order valence-corrected chi connectivity index (χ3v) is 3.93. The molecule has 2 aromatic carbocycles. The van der Waals surface area contributed by atoms with E-state index >= 15 is 0 Å². The first-order valence-electron chi connectivity index (χ1n) is 7.81. The first kappa shape index (κ1) is 17.3. The topological polar surface area (TPSA) is 61.9 Å². The standard InChI is InChI=1S/C18H17Cl2N5/c1-2-21-18-22-16(12-6-4-3-5-7-12)11-17(23-18)25-24-15-9-8-13(19)10-14(15)20/h3-11,24H,2H2,1H3,(H2,21,22,23,25). The van der Waals surface area contributed by atoms with E-state index in [1.165, 1.54) is 0 Å². The van der Waals surface area contributed by atoms with Crippen LogP contribution >= 0.6 is 23.2 Å². The SMILES string of the molecule is CCNc1nc(NNc2ccc(Cl)cc2Cl)cc(-c2ccccc2)n1. The summed E-state index contributed by atoms with van der Waals surface area (Å²) in [6, 6.07) is 17.0. The zero-order valence-electron chi connectivity index (χ0n) is 13.6. The highest BCUT2D eigenvalue weighted by Gasteiger charge is 2.07. The van der Waals surface area contributed by atoms with Crippen molar-refractivity contribution >= 4 is 40.7 Å². The molecule has 1 heterocycles. The average Bonchev–Trinajstić information content (AvgIpc) is 2.62. The van der Waals surface area contributed by atoms with Gasteiger partial charge in [0.25, 0.3) is 0 Å². The summed E-state index contributed by atoms with van der Waals surface area (Å²) in [5.41, 5.74) is 8.64. The van der Waals surface area contributed by atoms with Gasteiger partial charge in [0.05, 0.1) is 16.4 Å². The van der Waals surface area contributed by atoms with Crippen LogP contribution in [0.3, 0.4) is 0 Å². The largest absolute Gasteiger partial charge is 0.354 e. The zero-order valence-corrected chi connectivity index (χ0v) is 15.1. The molecule has 0 radical (unpaired) electrons. The minimum atomic E-state index is 0.518. The van der Waals surface area contributed by atoms with Gasteiger partial charge in [-0.25, -0.2) is 4.98 Å². The van der Waals surface area contributed by atoms with E-state index in [2.05, 4.69) is 26.1 Å². The van der Waals surface area contributed by atoms with Crippen LogP contribution in [-0.4, -0.2) is 16.5 Å². The molecule has 0 fully saturated rings. The van der Waals surface area contributed by atoms with Gasteiger partial charge in [-0.15, -0.1) is 0 Å². The minimum absolute atomic E-state index is 0.518. The zero-order chi connectivity index (χ0) is 17.6. The van der Waals surface area contributed by atoms with Crippen molar-refractivity contribution in [3.8, 4) is 11.3 Å². The number of hydrazine groups is 1. The second-order valence-electron chi connectivity index (χ2n) is 5.23. The molecule has 3 aromatic rings. The van der Waals surface area contributed by atoms with Gasteiger partial charge in [-0.05, 0) is 25.1 Å². The summed E-state index contributed by atoms with van der Waals surface area (Å²) < 4.78 is 0. The summed E-state index contributed by atoms with van der Waals surface area (Å²) in [4.78, 5) is 8.99. The third kappa shape index (κ3) is 4.53. The molecule has 1 aromatic heterocycles. The summed E-state index contributed by atoms with van der Waals surface area (Å²) in [6.07, 6.45) is 0. The Morgan fingerprint density at radius 3 is 2.44 bits per heavy atom. The van der Waals surface area contributed by atoms with Crippen molar-refractivity contribution in [3.05, 3.63) is 64.6 Å². The number of rotatable bonds is 6. The third-order valence-electron chi connectivity index (χ3n) is 3.39. The van der Waals surface area contributed by atoms with E-state index in [4.69, 9.17) is 23.2 Å². The summed E-state index contributed by atoms with van der Waals surface area (Å²) in [5, 5.41) is 4.24. The number of nitrogens with zero attached hydrogens (tertiary/aromatic N) is 2. The molecule has 0 bridgehead atoms. The molecule has 0 spiro atoms. The first-order valence-corrected chi connectivity index (χ1v) is 8.57. The number of aromatic nitrogens is 2. The maximum Gasteiger partial charge on any atom is 0.225 e. The molecule has 0 amide bonds. The van der Waals surface area contributed by atoms with E-state index in [1.807, 2.05) is 43.3 Å². The molecule has 0 unspecified atom stereocenters. The molecule has 3 N–H and O–H groups in total. The maximum atomic E-state index is 6.17. The van der Waals surface area contributed by atoms with Crippen LogP contribution in [-0.2, 0) is 0 Å². The Labute approximate surface area is 156 Å². The van der Waals surface area contributed by atoms with E-state index in [1.54, 1.807) is 18.2 Å². The fourth-order valence-corrected chi connectivity index (χ4v) is 2.68. The van der Waals surface area contributed by atoms with Crippen LogP contribution in [0, 0.1) is 0 Å². The van der Waals surface area contributed by atoms with Crippen LogP contribution < -0.4 is 16.2 Å². The van der Waals surface area contributed by atoms with E-state index < -0.39 is 0 Å². The normalized spacial score (nSPS) is 10.4. The highest BCUT2D eigenvalue weighted by molar-refractivity contribution is 6.36. The van der Waals surface area contributed by atoms with Crippen molar-refractivity contribution < 1.29 is 0 Å². The summed E-state index contributed by atoms with van der Waals surface area (Å²) in [6.45, 7) is 2.73. The van der Waals surface area contributed by atoms with Crippen molar-refractivity contribution in [2.45, 2.75) is 6.92 Å². The van der Waals surface area contributed by atoms with Gasteiger partial charge in [0.2, 0.25) is 5.95 Å². The predicted molar refractivity (Wildman–Crippen MR) is 105 cm³/mol. The van der Waals surface area contributed by atoms with Crippen LogP contribution in [0.25, 0.3) is 11.3 Å². The summed E-state index contributed by atoms with van der Waals surface area (Å²) in [5.74, 6) is 1.17. The van der Waals surface area contributed by atoms with Gasteiger partial charge in [-0.2, -0.15) is 4.98 Å².